The van der Waals surface area contributed by atoms with Crippen LogP contribution in [0, 0.1) is 12.8 Å². The second-order valence-corrected chi connectivity index (χ2v) is 6.67. The molecule has 114 valence electrons. The van der Waals surface area contributed by atoms with Gasteiger partial charge in [0.2, 0.25) is 0 Å². The molecule has 0 aliphatic carbocycles. The molecule has 0 aliphatic rings. The first-order chi connectivity index (χ1) is 10.0. The minimum absolute atomic E-state index is 0.278. The maximum absolute atomic E-state index is 5.69. The van der Waals surface area contributed by atoms with Crippen molar-refractivity contribution in [1.29, 1.82) is 0 Å². The summed E-state index contributed by atoms with van der Waals surface area (Å²) >= 11 is 1.71. The number of nitrogens with one attached hydrogen (secondary N) is 1. The van der Waals surface area contributed by atoms with Crippen molar-refractivity contribution in [3.05, 3.63) is 45.9 Å². The van der Waals surface area contributed by atoms with Crippen molar-refractivity contribution in [2.45, 2.75) is 40.3 Å². The molecule has 0 radical (unpaired) electrons. The van der Waals surface area contributed by atoms with Crippen molar-refractivity contribution in [1.82, 2.24) is 10.3 Å². The van der Waals surface area contributed by atoms with Gasteiger partial charge in [-0.1, -0.05) is 26.0 Å². The highest BCUT2D eigenvalue weighted by molar-refractivity contribution is 7.09. The normalized spacial score (nSPS) is 12.6. The van der Waals surface area contributed by atoms with Crippen LogP contribution in [-0.4, -0.2) is 11.6 Å². The predicted octanol–water partition coefficient (Wildman–Crippen LogP) is 4.34. The van der Waals surface area contributed by atoms with E-state index in [1.165, 1.54) is 5.56 Å². The molecule has 1 aromatic carbocycles. The van der Waals surface area contributed by atoms with E-state index in [2.05, 4.69) is 48.6 Å². The molecule has 1 aromatic heterocycles. The molecule has 0 amide bonds. The maximum atomic E-state index is 5.69. The lowest BCUT2D eigenvalue weighted by Gasteiger charge is -2.12. The Hall–Kier alpha value is -1.39. The van der Waals surface area contributed by atoms with Gasteiger partial charge in [-0.15, -0.1) is 11.3 Å². The van der Waals surface area contributed by atoms with Gasteiger partial charge < -0.3 is 10.1 Å². The van der Waals surface area contributed by atoms with E-state index in [0.29, 0.717) is 5.92 Å². The summed E-state index contributed by atoms with van der Waals surface area (Å²) in [6.45, 7) is 10.1. The molecule has 0 fully saturated rings. The van der Waals surface area contributed by atoms with Crippen LogP contribution in [0.15, 0.2) is 29.6 Å². The van der Waals surface area contributed by atoms with Crippen molar-refractivity contribution in [2.75, 3.05) is 6.61 Å². The van der Waals surface area contributed by atoms with Gasteiger partial charge in [0.1, 0.15) is 10.8 Å². The van der Waals surface area contributed by atoms with E-state index >= 15 is 0 Å². The fourth-order valence-corrected chi connectivity index (χ4v) is 2.72. The SMILES string of the molecule is Cc1csc([C@@H](C)NCc2ccc(OCC(C)C)cc2)n1. The smallest absolute Gasteiger partial charge is 0.119 e. The molecule has 0 spiro atoms. The van der Waals surface area contributed by atoms with Crippen LogP contribution in [0.5, 0.6) is 5.75 Å². The molecule has 0 unspecified atom stereocenters. The van der Waals surface area contributed by atoms with Gasteiger partial charge in [-0.3, -0.25) is 0 Å². The first-order valence-corrected chi connectivity index (χ1v) is 8.29. The summed E-state index contributed by atoms with van der Waals surface area (Å²) in [6.07, 6.45) is 0. The average Bonchev–Trinajstić information content (AvgIpc) is 2.90. The van der Waals surface area contributed by atoms with E-state index in [0.717, 1.165) is 29.6 Å². The van der Waals surface area contributed by atoms with Crippen LogP contribution in [0.3, 0.4) is 0 Å². The van der Waals surface area contributed by atoms with Gasteiger partial charge in [0.15, 0.2) is 0 Å². The Morgan fingerprint density at radius 3 is 2.48 bits per heavy atom. The first kappa shape index (κ1) is 16.0. The van der Waals surface area contributed by atoms with Crippen LogP contribution in [0.4, 0.5) is 0 Å². The molecule has 4 heteroatoms. The van der Waals surface area contributed by atoms with E-state index in [-0.39, 0.29) is 6.04 Å². The molecule has 3 nitrogen and oxygen atoms in total. The number of hydrogen-bond donors (Lipinski definition) is 1. The summed E-state index contributed by atoms with van der Waals surface area (Å²) in [5.41, 5.74) is 2.35. The lowest BCUT2D eigenvalue weighted by Crippen LogP contribution is -2.17. The number of aryl methyl sites for hydroxylation is 1. The van der Waals surface area contributed by atoms with Gasteiger partial charge >= 0.3 is 0 Å². The third-order valence-corrected chi connectivity index (χ3v) is 4.27. The number of hydrogen-bond acceptors (Lipinski definition) is 4. The molecule has 0 bridgehead atoms. The van der Waals surface area contributed by atoms with E-state index in [4.69, 9.17) is 4.74 Å². The van der Waals surface area contributed by atoms with E-state index in [1.54, 1.807) is 11.3 Å². The number of ether oxygens (including phenoxy) is 1. The molecule has 0 saturated heterocycles. The monoisotopic (exact) mass is 304 g/mol. The lowest BCUT2D eigenvalue weighted by atomic mass is 10.2. The summed E-state index contributed by atoms with van der Waals surface area (Å²) in [7, 11) is 0. The highest BCUT2D eigenvalue weighted by Gasteiger charge is 2.08. The summed E-state index contributed by atoms with van der Waals surface area (Å²) in [5.74, 6) is 1.49. The number of aromatic nitrogens is 1. The average molecular weight is 304 g/mol. The molecule has 21 heavy (non-hydrogen) atoms. The van der Waals surface area contributed by atoms with Crippen LogP contribution >= 0.6 is 11.3 Å². The van der Waals surface area contributed by atoms with Crippen LogP contribution in [-0.2, 0) is 6.54 Å². The quantitative estimate of drug-likeness (QED) is 0.826. The fourth-order valence-electron chi connectivity index (χ4n) is 1.90. The van der Waals surface area contributed by atoms with Crippen LogP contribution in [0.25, 0.3) is 0 Å². The van der Waals surface area contributed by atoms with Gasteiger partial charge in [-0.25, -0.2) is 4.98 Å². The predicted molar refractivity (Wildman–Crippen MR) is 88.9 cm³/mol. The zero-order valence-electron chi connectivity index (χ0n) is 13.2. The van der Waals surface area contributed by atoms with Crippen molar-refractivity contribution < 1.29 is 4.74 Å². The first-order valence-electron chi connectivity index (χ1n) is 7.41. The Bertz CT molecular complexity index is 548. The zero-order valence-corrected chi connectivity index (χ0v) is 14.0. The number of rotatable bonds is 7. The van der Waals surface area contributed by atoms with E-state index in [9.17, 15) is 0 Å². The summed E-state index contributed by atoms with van der Waals surface area (Å²) in [6, 6.07) is 8.58. The number of thiazole rings is 1. The van der Waals surface area contributed by atoms with E-state index < -0.39 is 0 Å². The molecule has 1 N–H and O–H groups in total. The molecule has 0 aliphatic heterocycles. The molecule has 2 rings (SSSR count). The summed E-state index contributed by atoms with van der Waals surface area (Å²) in [5, 5.41) is 6.74. The van der Waals surface area contributed by atoms with Gasteiger partial charge in [0, 0.05) is 17.6 Å². The minimum atomic E-state index is 0.278. The number of benzene rings is 1. The maximum Gasteiger partial charge on any atom is 0.119 e. The molecule has 2 aromatic rings. The molecule has 0 saturated carbocycles. The minimum Gasteiger partial charge on any atom is -0.493 e. The van der Waals surface area contributed by atoms with Gasteiger partial charge in [0.25, 0.3) is 0 Å². The molecule has 1 atom stereocenters. The highest BCUT2D eigenvalue weighted by Crippen LogP contribution is 2.18. The van der Waals surface area contributed by atoms with Gasteiger partial charge in [-0.2, -0.15) is 0 Å². The Kier molecular flexibility index (Phi) is 5.76. The van der Waals surface area contributed by atoms with Gasteiger partial charge in [0.05, 0.1) is 12.6 Å². The van der Waals surface area contributed by atoms with E-state index in [1.807, 2.05) is 19.1 Å². The molecule has 1 heterocycles. The lowest BCUT2D eigenvalue weighted by molar-refractivity contribution is 0.271. The number of nitrogens with zero attached hydrogens (tertiary/aromatic N) is 1. The van der Waals surface area contributed by atoms with Crippen molar-refractivity contribution in [3.63, 3.8) is 0 Å². The third kappa shape index (κ3) is 5.14. The van der Waals surface area contributed by atoms with Gasteiger partial charge in [-0.05, 0) is 37.5 Å². The Labute approximate surface area is 131 Å². The van der Waals surface area contributed by atoms with Crippen LogP contribution < -0.4 is 10.1 Å². The second-order valence-electron chi connectivity index (χ2n) is 5.78. The molecular weight excluding hydrogens is 280 g/mol. The topological polar surface area (TPSA) is 34.1 Å². The van der Waals surface area contributed by atoms with Crippen molar-refractivity contribution >= 4 is 11.3 Å². The summed E-state index contributed by atoms with van der Waals surface area (Å²) in [4.78, 5) is 4.51. The van der Waals surface area contributed by atoms with Crippen molar-refractivity contribution in [3.8, 4) is 5.75 Å². The summed E-state index contributed by atoms with van der Waals surface area (Å²) < 4.78 is 5.69. The largest absolute Gasteiger partial charge is 0.493 e. The van der Waals surface area contributed by atoms with Crippen LogP contribution in [0.1, 0.15) is 43.1 Å². The zero-order chi connectivity index (χ0) is 15.2. The Morgan fingerprint density at radius 2 is 1.90 bits per heavy atom. The molecular formula is C17H24N2OS. The van der Waals surface area contributed by atoms with Crippen LogP contribution in [0.2, 0.25) is 0 Å². The third-order valence-electron chi connectivity index (χ3n) is 3.13. The fraction of sp³-hybridized carbons (Fsp3) is 0.471. The van der Waals surface area contributed by atoms with Crippen molar-refractivity contribution in [2.24, 2.45) is 5.92 Å². The Morgan fingerprint density at radius 1 is 1.19 bits per heavy atom. The standard InChI is InChI=1S/C17H24N2OS/c1-12(2)10-20-16-7-5-15(6-8-16)9-18-14(4)17-19-13(3)11-21-17/h5-8,11-12,14,18H,9-10H2,1-4H3/t14-/m1/s1. The highest BCUT2D eigenvalue weighted by atomic mass is 32.1. The Balaban J connectivity index is 1.83. The second kappa shape index (κ2) is 7.57.